The van der Waals surface area contributed by atoms with E-state index in [4.69, 9.17) is 4.74 Å². The zero-order valence-electron chi connectivity index (χ0n) is 11.5. The molecule has 1 saturated carbocycles. The number of carbonyl (C=O) groups is 1. The molecule has 2 heterocycles. The fraction of sp³-hybridized carbons (Fsp3) is 0.800. The third-order valence-corrected chi connectivity index (χ3v) is 5.92. The number of ether oxygens (including phenoxy) is 1. The molecule has 4 atom stereocenters. The molecule has 2 aliphatic carbocycles. The molecule has 4 aliphatic rings. The van der Waals surface area contributed by atoms with Crippen molar-refractivity contribution in [2.24, 2.45) is 17.3 Å². The first kappa shape index (κ1) is 11.5. The van der Waals surface area contributed by atoms with E-state index in [0.29, 0.717) is 11.8 Å². The van der Waals surface area contributed by atoms with Gasteiger partial charge in [-0.15, -0.1) is 0 Å². The van der Waals surface area contributed by atoms with Crippen LogP contribution in [0.5, 0.6) is 0 Å². The van der Waals surface area contributed by atoms with Crippen LogP contribution >= 0.6 is 0 Å². The molecule has 1 saturated heterocycles. The Balaban J connectivity index is 2.23. The first-order valence-electron chi connectivity index (χ1n) is 6.66. The van der Waals surface area contributed by atoms with Gasteiger partial charge in [-0.25, -0.2) is 0 Å². The Labute approximate surface area is 103 Å². The molecular formula is C15H22O2. The monoisotopic (exact) mass is 234 g/mol. The molecule has 2 fully saturated rings. The highest BCUT2D eigenvalue weighted by molar-refractivity contribution is 5.96. The standard InChI is InChI=1S/C15H22O2/c1-9(16)11-8-12-10-6-7-14(12,4)17-15(11,5)13(10,2)3/h8,10,12H,6-7H2,1-5H3/t10?,12?,14-,15+/m1/s1. The van der Waals surface area contributed by atoms with Gasteiger partial charge in [-0.05, 0) is 39.5 Å². The lowest BCUT2D eigenvalue weighted by atomic mass is 9.53. The van der Waals surface area contributed by atoms with Crippen LogP contribution < -0.4 is 0 Å². The lowest BCUT2D eigenvalue weighted by molar-refractivity contribution is -0.240. The minimum Gasteiger partial charge on any atom is -0.363 e. The van der Waals surface area contributed by atoms with Crippen molar-refractivity contribution < 1.29 is 9.53 Å². The molecule has 0 aromatic carbocycles. The Morgan fingerprint density at radius 1 is 1.35 bits per heavy atom. The Morgan fingerprint density at radius 2 is 2.00 bits per heavy atom. The quantitative estimate of drug-likeness (QED) is 0.697. The van der Waals surface area contributed by atoms with Gasteiger partial charge >= 0.3 is 0 Å². The van der Waals surface area contributed by atoms with Gasteiger partial charge in [-0.3, -0.25) is 4.79 Å². The Morgan fingerprint density at radius 3 is 2.59 bits per heavy atom. The van der Waals surface area contributed by atoms with E-state index in [1.165, 1.54) is 6.42 Å². The molecule has 2 aliphatic heterocycles. The summed E-state index contributed by atoms with van der Waals surface area (Å²) in [7, 11) is 0. The van der Waals surface area contributed by atoms with Crippen LogP contribution in [0.4, 0.5) is 0 Å². The van der Waals surface area contributed by atoms with Crippen LogP contribution in [-0.4, -0.2) is 17.0 Å². The molecule has 0 radical (unpaired) electrons. The zero-order valence-corrected chi connectivity index (χ0v) is 11.5. The van der Waals surface area contributed by atoms with Gasteiger partial charge in [0, 0.05) is 16.9 Å². The smallest absolute Gasteiger partial charge is 0.158 e. The first-order valence-corrected chi connectivity index (χ1v) is 6.66. The second-order valence-corrected chi connectivity index (χ2v) is 6.98. The number of Topliss-reactive ketones (excluding diaryl/α,β-unsaturated/α-hetero) is 1. The molecule has 2 nitrogen and oxygen atoms in total. The summed E-state index contributed by atoms with van der Waals surface area (Å²) in [6.45, 7) is 10.5. The fourth-order valence-electron chi connectivity index (χ4n) is 4.58. The molecule has 0 aromatic heterocycles. The van der Waals surface area contributed by atoms with Crippen molar-refractivity contribution in [3.05, 3.63) is 11.6 Å². The average Bonchev–Trinajstić information content (AvgIpc) is 2.48. The predicted octanol–water partition coefficient (Wildman–Crippen LogP) is 3.12. The van der Waals surface area contributed by atoms with Gasteiger partial charge in [0.2, 0.25) is 0 Å². The number of ketones is 1. The highest BCUT2D eigenvalue weighted by atomic mass is 16.5. The van der Waals surface area contributed by atoms with E-state index >= 15 is 0 Å². The molecule has 4 bridgehead atoms. The van der Waals surface area contributed by atoms with E-state index < -0.39 is 5.60 Å². The molecular weight excluding hydrogens is 212 g/mol. The van der Waals surface area contributed by atoms with Crippen molar-refractivity contribution in [2.75, 3.05) is 0 Å². The summed E-state index contributed by atoms with van der Waals surface area (Å²) < 4.78 is 6.45. The molecule has 0 N–H and O–H groups in total. The van der Waals surface area contributed by atoms with E-state index in [2.05, 4.69) is 33.8 Å². The maximum absolute atomic E-state index is 11.9. The summed E-state index contributed by atoms with van der Waals surface area (Å²) >= 11 is 0. The highest BCUT2D eigenvalue weighted by Crippen LogP contribution is 2.66. The topological polar surface area (TPSA) is 26.3 Å². The number of rotatable bonds is 1. The van der Waals surface area contributed by atoms with Crippen LogP contribution in [0.2, 0.25) is 0 Å². The summed E-state index contributed by atoms with van der Waals surface area (Å²) in [6, 6.07) is 0. The van der Waals surface area contributed by atoms with Gasteiger partial charge in [0.15, 0.2) is 5.78 Å². The number of hydrogen-bond donors (Lipinski definition) is 0. The number of carbonyl (C=O) groups excluding carboxylic acids is 1. The van der Waals surface area contributed by atoms with Crippen LogP contribution in [-0.2, 0) is 9.53 Å². The maximum Gasteiger partial charge on any atom is 0.158 e. The van der Waals surface area contributed by atoms with Crippen LogP contribution in [0.1, 0.15) is 47.5 Å². The van der Waals surface area contributed by atoms with E-state index in [9.17, 15) is 4.79 Å². The molecule has 4 rings (SSSR count). The van der Waals surface area contributed by atoms with Crippen LogP contribution in [0, 0.1) is 17.3 Å². The lowest BCUT2D eigenvalue weighted by Crippen LogP contribution is -2.64. The van der Waals surface area contributed by atoms with Crippen molar-refractivity contribution in [3.8, 4) is 0 Å². The van der Waals surface area contributed by atoms with E-state index in [0.717, 1.165) is 12.0 Å². The molecule has 0 aromatic rings. The maximum atomic E-state index is 11.9. The summed E-state index contributed by atoms with van der Waals surface area (Å²) in [5, 5.41) is 0. The van der Waals surface area contributed by atoms with Gasteiger partial charge in [0.25, 0.3) is 0 Å². The van der Waals surface area contributed by atoms with E-state index in [-0.39, 0.29) is 16.8 Å². The summed E-state index contributed by atoms with van der Waals surface area (Å²) in [5.74, 6) is 1.26. The molecule has 94 valence electrons. The fourth-order valence-corrected chi connectivity index (χ4v) is 4.58. The third-order valence-electron chi connectivity index (χ3n) is 5.92. The van der Waals surface area contributed by atoms with Crippen molar-refractivity contribution >= 4 is 5.78 Å². The number of hydrogen-bond acceptors (Lipinski definition) is 2. The predicted molar refractivity (Wildman–Crippen MR) is 66.7 cm³/mol. The summed E-state index contributed by atoms with van der Waals surface area (Å²) in [6.07, 6.45) is 4.59. The Hall–Kier alpha value is -0.630. The second-order valence-electron chi connectivity index (χ2n) is 6.98. The summed E-state index contributed by atoms with van der Waals surface area (Å²) in [4.78, 5) is 11.9. The van der Waals surface area contributed by atoms with Gasteiger partial charge in [0.1, 0.15) is 0 Å². The summed E-state index contributed by atoms with van der Waals surface area (Å²) in [5.41, 5.74) is 0.531. The van der Waals surface area contributed by atoms with Gasteiger partial charge < -0.3 is 4.74 Å². The minimum absolute atomic E-state index is 0.0338. The van der Waals surface area contributed by atoms with Gasteiger partial charge in [0.05, 0.1) is 11.2 Å². The second kappa shape index (κ2) is 2.85. The molecule has 17 heavy (non-hydrogen) atoms. The average molecular weight is 234 g/mol. The van der Waals surface area contributed by atoms with Crippen molar-refractivity contribution in [1.29, 1.82) is 0 Å². The van der Waals surface area contributed by atoms with E-state index in [1.807, 2.05) is 0 Å². The third kappa shape index (κ3) is 1.08. The van der Waals surface area contributed by atoms with Crippen LogP contribution in [0.25, 0.3) is 0 Å². The van der Waals surface area contributed by atoms with Crippen molar-refractivity contribution in [1.82, 2.24) is 0 Å². The minimum atomic E-state index is -0.399. The van der Waals surface area contributed by atoms with Crippen LogP contribution in [0.3, 0.4) is 0 Å². The normalized spacial score (nSPS) is 50.3. The Bertz CT molecular complexity index is 434. The van der Waals surface area contributed by atoms with Crippen LogP contribution in [0.15, 0.2) is 11.6 Å². The van der Waals surface area contributed by atoms with Crippen molar-refractivity contribution in [3.63, 3.8) is 0 Å². The molecule has 2 unspecified atom stereocenters. The largest absolute Gasteiger partial charge is 0.363 e. The lowest BCUT2D eigenvalue weighted by Gasteiger charge is -2.61. The van der Waals surface area contributed by atoms with Gasteiger partial charge in [-0.2, -0.15) is 0 Å². The first-order chi connectivity index (χ1) is 7.72. The van der Waals surface area contributed by atoms with E-state index in [1.54, 1.807) is 6.92 Å². The molecule has 0 spiro atoms. The zero-order chi connectivity index (χ0) is 12.6. The molecule has 2 heteroatoms. The van der Waals surface area contributed by atoms with Gasteiger partial charge in [-0.1, -0.05) is 19.9 Å². The Kier molecular flexibility index (Phi) is 1.92. The molecule has 0 amide bonds. The highest BCUT2D eigenvalue weighted by Gasteiger charge is 2.68. The SMILES string of the molecule is CC(=O)C1=CC2C3CC[C@@]2(C)O[C@]1(C)C3(C)C. The van der Waals surface area contributed by atoms with Crippen molar-refractivity contribution in [2.45, 2.75) is 58.7 Å².